The van der Waals surface area contributed by atoms with E-state index in [2.05, 4.69) is 198 Å². The van der Waals surface area contributed by atoms with Crippen LogP contribution in [0.25, 0.3) is 49.4 Å². The Morgan fingerprint density at radius 2 is 1.15 bits per heavy atom. The molecule has 2 nitrogen and oxygen atoms in total. The minimum Gasteiger partial charge on any atom is -0.310 e. The number of allylic oxidation sites excluding steroid dienone is 8. The van der Waals surface area contributed by atoms with Crippen molar-refractivity contribution in [3.05, 3.63) is 200 Å². The number of rotatable bonds is 5. The molecule has 0 amide bonds. The summed E-state index contributed by atoms with van der Waals surface area (Å²) in [4.78, 5) is 2.32. The SMILES string of the molecule is C=C1C=C(N(c2ccc(-c3ccc(-n4c5ccccc5c5ccccc54)cc3)cc2)c2ccc3ccccc3c2)/C=C\C/C=C\C=C/1. The van der Waals surface area contributed by atoms with E-state index in [1.807, 2.05) is 0 Å². The van der Waals surface area contributed by atoms with Crippen LogP contribution in [0.2, 0.25) is 0 Å². The first-order valence-electron chi connectivity index (χ1n) is 16.1. The third kappa shape index (κ3) is 5.51. The Balaban J connectivity index is 1.17. The molecule has 0 saturated heterocycles. The minimum atomic E-state index is 0.864. The Bertz CT molecular complexity index is 2330. The molecule has 1 aromatic heterocycles. The van der Waals surface area contributed by atoms with E-state index >= 15 is 0 Å². The number of hydrogen-bond acceptors (Lipinski definition) is 1. The molecule has 6 aromatic carbocycles. The highest BCUT2D eigenvalue weighted by molar-refractivity contribution is 6.09. The number of fused-ring (bicyclic) bond motifs is 4. The fourth-order valence-electron chi connectivity index (χ4n) is 6.60. The van der Waals surface area contributed by atoms with Gasteiger partial charge in [0.25, 0.3) is 0 Å². The van der Waals surface area contributed by atoms with Gasteiger partial charge in [0.2, 0.25) is 0 Å². The van der Waals surface area contributed by atoms with E-state index in [4.69, 9.17) is 0 Å². The van der Waals surface area contributed by atoms with Gasteiger partial charge < -0.3 is 9.47 Å². The molecule has 1 aliphatic carbocycles. The number of anilines is 2. The van der Waals surface area contributed by atoms with E-state index in [0.717, 1.165) is 34.8 Å². The Morgan fingerprint density at radius 1 is 0.532 bits per heavy atom. The van der Waals surface area contributed by atoms with Gasteiger partial charge in [-0.1, -0.05) is 128 Å². The van der Waals surface area contributed by atoms with Crippen molar-refractivity contribution in [2.45, 2.75) is 6.42 Å². The van der Waals surface area contributed by atoms with Gasteiger partial charge in [-0.3, -0.25) is 0 Å². The van der Waals surface area contributed by atoms with Gasteiger partial charge in [-0.2, -0.15) is 0 Å². The molecule has 0 unspecified atom stereocenters. The molecule has 0 saturated carbocycles. The second-order valence-electron chi connectivity index (χ2n) is 11.9. The standard InChI is InChI=1S/C45H34N2/c1-33-13-5-3-2-4-6-16-40(31-33)46(41-30-25-34-14-7-8-15-37(34)32-41)38-26-21-35(22-27-38)36-23-28-39(29-24-36)47-44-19-11-9-17-42(44)43-18-10-12-20-45(43)47/h2-3,5-32H,1,4H2/b3-2-,13-5-,16-6-,40-31?. The van der Waals surface area contributed by atoms with Gasteiger partial charge in [0.15, 0.2) is 0 Å². The van der Waals surface area contributed by atoms with Crippen LogP contribution in [0.1, 0.15) is 6.42 Å². The van der Waals surface area contributed by atoms with E-state index in [-0.39, 0.29) is 0 Å². The molecular weight excluding hydrogens is 569 g/mol. The highest BCUT2D eigenvalue weighted by Gasteiger charge is 2.15. The molecule has 1 heterocycles. The fraction of sp³-hybridized carbons (Fsp3) is 0.0222. The predicted molar refractivity (Wildman–Crippen MR) is 202 cm³/mol. The summed E-state index contributed by atoms with van der Waals surface area (Å²) < 4.78 is 2.36. The zero-order chi connectivity index (χ0) is 31.6. The maximum Gasteiger partial charge on any atom is 0.0541 e. The molecule has 2 heteroatoms. The first-order valence-corrected chi connectivity index (χ1v) is 16.1. The molecule has 224 valence electrons. The number of nitrogens with zero attached hydrogens (tertiary/aromatic N) is 2. The zero-order valence-electron chi connectivity index (χ0n) is 26.1. The summed E-state index contributed by atoms with van der Waals surface area (Å²) in [5, 5.41) is 4.98. The van der Waals surface area contributed by atoms with Crippen molar-refractivity contribution in [2.75, 3.05) is 4.90 Å². The van der Waals surface area contributed by atoms with E-state index in [1.54, 1.807) is 0 Å². The summed E-state index contributed by atoms with van der Waals surface area (Å²) in [6.07, 6.45) is 15.8. The molecule has 8 rings (SSSR count). The Morgan fingerprint density at radius 3 is 1.87 bits per heavy atom. The monoisotopic (exact) mass is 602 g/mol. The number of para-hydroxylation sites is 2. The topological polar surface area (TPSA) is 8.17 Å². The fourth-order valence-corrected chi connectivity index (χ4v) is 6.60. The Hall–Kier alpha value is -6.12. The van der Waals surface area contributed by atoms with E-state index < -0.39 is 0 Å². The molecular formula is C45H34N2. The van der Waals surface area contributed by atoms with Crippen molar-refractivity contribution in [3.63, 3.8) is 0 Å². The van der Waals surface area contributed by atoms with E-state index in [9.17, 15) is 0 Å². The van der Waals surface area contributed by atoms with Gasteiger partial charge in [0, 0.05) is 33.5 Å². The van der Waals surface area contributed by atoms with Crippen LogP contribution in [0.5, 0.6) is 0 Å². The number of hydrogen-bond donors (Lipinski definition) is 0. The van der Waals surface area contributed by atoms with Gasteiger partial charge in [-0.15, -0.1) is 0 Å². The third-order valence-corrected chi connectivity index (χ3v) is 8.87. The quantitative estimate of drug-likeness (QED) is 0.190. The molecule has 0 aliphatic heterocycles. The lowest BCUT2D eigenvalue weighted by Gasteiger charge is -2.27. The van der Waals surface area contributed by atoms with E-state index in [0.29, 0.717) is 0 Å². The van der Waals surface area contributed by atoms with Crippen LogP contribution in [-0.2, 0) is 0 Å². The predicted octanol–water partition coefficient (Wildman–Crippen LogP) is 12.3. The molecule has 0 atom stereocenters. The summed E-state index contributed by atoms with van der Waals surface area (Å²) >= 11 is 0. The summed E-state index contributed by atoms with van der Waals surface area (Å²) in [5.74, 6) is 0. The normalized spacial score (nSPS) is 15.4. The maximum atomic E-state index is 4.31. The second-order valence-corrected chi connectivity index (χ2v) is 11.9. The highest BCUT2D eigenvalue weighted by Crippen LogP contribution is 2.36. The van der Waals surface area contributed by atoms with Crippen LogP contribution in [0, 0.1) is 0 Å². The largest absolute Gasteiger partial charge is 0.310 e. The average molecular weight is 603 g/mol. The molecule has 0 spiro atoms. The second kappa shape index (κ2) is 12.3. The minimum absolute atomic E-state index is 0.864. The Labute approximate surface area is 275 Å². The van der Waals surface area contributed by atoms with Crippen molar-refractivity contribution < 1.29 is 0 Å². The Kier molecular flexibility index (Phi) is 7.45. The van der Waals surface area contributed by atoms with E-state index in [1.165, 1.54) is 43.7 Å². The van der Waals surface area contributed by atoms with Crippen molar-refractivity contribution in [2.24, 2.45) is 0 Å². The lowest BCUT2D eigenvalue weighted by Crippen LogP contribution is -2.15. The van der Waals surface area contributed by atoms with Crippen LogP contribution in [0.15, 0.2) is 200 Å². The van der Waals surface area contributed by atoms with Crippen LogP contribution < -0.4 is 4.90 Å². The van der Waals surface area contributed by atoms with Crippen molar-refractivity contribution in [3.8, 4) is 16.8 Å². The molecule has 0 fully saturated rings. The average Bonchev–Trinajstić information content (AvgIpc) is 3.46. The first kappa shape index (κ1) is 28.4. The summed E-state index contributed by atoms with van der Waals surface area (Å²) in [6, 6.07) is 50.3. The van der Waals surface area contributed by atoms with Crippen molar-refractivity contribution in [1.82, 2.24) is 4.57 Å². The van der Waals surface area contributed by atoms with Gasteiger partial charge in [0.05, 0.1) is 11.0 Å². The van der Waals surface area contributed by atoms with Gasteiger partial charge in [0.1, 0.15) is 0 Å². The lowest BCUT2D eigenvalue weighted by atomic mass is 10.0. The molecule has 47 heavy (non-hydrogen) atoms. The summed E-state index contributed by atoms with van der Waals surface area (Å²) in [7, 11) is 0. The first-order chi connectivity index (χ1) is 23.2. The summed E-state index contributed by atoms with van der Waals surface area (Å²) in [6.45, 7) is 4.31. The van der Waals surface area contributed by atoms with Crippen molar-refractivity contribution >= 4 is 44.0 Å². The van der Waals surface area contributed by atoms with Crippen LogP contribution >= 0.6 is 0 Å². The van der Waals surface area contributed by atoms with Crippen LogP contribution in [0.3, 0.4) is 0 Å². The molecule has 0 radical (unpaired) electrons. The molecule has 0 N–H and O–H groups in total. The van der Waals surface area contributed by atoms with Gasteiger partial charge >= 0.3 is 0 Å². The van der Waals surface area contributed by atoms with Gasteiger partial charge in [-0.05, 0) is 94.6 Å². The highest BCUT2D eigenvalue weighted by atomic mass is 15.1. The lowest BCUT2D eigenvalue weighted by molar-refractivity contribution is 1.18. The van der Waals surface area contributed by atoms with Crippen LogP contribution in [-0.4, -0.2) is 4.57 Å². The molecule has 7 aromatic rings. The molecule has 1 aliphatic rings. The van der Waals surface area contributed by atoms with Crippen molar-refractivity contribution in [1.29, 1.82) is 0 Å². The number of aromatic nitrogens is 1. The smallest absolute Gasteiger partial charge is 0.0541 e. The third-order valence-electron chi connectivity index (χ3n) is 8.87. The number of benzene rings is 6. The van der Waals surface area contributed by atoms with Crippen LogP contribution in [0.4, 0.5) is 11.4 Å². The maximum absolute atomic E-state index is 4.31. The zero-order valence-corrected chi connectivity index (χ0v) is 26.1. The molecule has 0 bridgehead atoms. The summed E-state index contributed by atoms with van der Waals surface area (Å²) in [5.41, 5.74) is 10.2. The van der Waals surface area contributed by atoms with Gasteiger partial charge in [-0.25, -0.2) is 0 Å².